The SMILES string of the molecule is Cc1cc(C)c(CNC(=O)N2CCSCC2)c(=O)[nH]1. The number of nitrogens with zero attached hydrogens (tertiary/aromatic N) is 1. The fourth-order valence-corrected chi connectivity index (χ4v) is 3.05. The van der Waals surface area contributed by atoms with Crippen LogP contribution in [0.25, 0.3) is 0 Å². The van der Waals surface area contributed by atoms with E-state index in [1.807, 2.05) is 31.7 Å². The predicted molar refractivity (Wildman–Crippen MR) is 77.7 cm³/mol. The zero-order valence-electron chi connectivity index (χ0n) is 11.3. The van der Waals surface area contributed by atoms with Crippen molar-refractivity contribution in [3.8, 4) is 0 Å². The van der Waals surface area contributed by atoms with Crippen LogP contribution < -0.4 is 10.9 Å². The molecule has 6 heteroatoms. The molecule has 2 heterocycles. The summed E-state index contributed by atoms with van der Waals surface area (Å²) >= 11 is 1.86. The molecule has 0 bridgehead atoms. The van der Waals surface area contributed by atoms with E-state index in [-0.39, 0.29) is 18.1 Å². The number of thioether (sulfide) groups is 1. The molecule has 0 atom stereocenters. The lowest BCUT2D eigenvalue weighted by Gasteiger charge is -2.26. The predicted octanol–water partition coefficient (Wildman–Crippen LogP) is 1.25. The molecular formula is C13H19N3O2S. The van der Waals surface area contributed by atoms with Crippen LogP contribution in [0, 0.1) is 13.8 Å². The molecule has 0 saturated carbocycles. The van der Waals surface area contributed by atoms with Gasteiger partial charge in [0.2, 0.25) is 0 Å². The van der Waals surface area contributed by atoms with E-state index in [2.05, 4.69) is 10.3 Å². The number of aryl methyl sites for hydroxylation is 2. The van der Waals surface area contributed by atoms with Crippen molar-refractivity contribution in [3.05, 3.63) is 33.2 Å². The Morgan fingerprint density at radius 1 is 1.42 bits per heavy atom. The van der Waals surface area contributed by atoms with E-state index >= 15 is 0 Å². The third-order valence-corrected chi connectivity index (χ3v) is 4.15. The number of carbonyl (C=O) groups excluding carboxylic acids is 1. The topological polar surface area (TPSA) is 65.2 Å². The number of H-pyrrole nitrogens is 1. The number of pyridine rings is 1. The Morgan fingerprint density at radius 3 is 2.74 bits per heavy atom. The van der Waals surface area contributed by atoms with Crippen LogP contribution in [0.4, 0.5) is 4.79 Å². The van der Waals surface area contributed by atoms with Gasteiger partial charge in [0.25, 0.3) is 5.56 Å². The van der Waals surface area contributed by atoms with Crippen molar-refractivity contribution < 1.29 is 4.79 Å². The largest absolute Gasteiger partial charge is 0.334 e. The van der Waals surface area contributed by atoms with Crippen molar-refractivity contribution in [1.29, 1.82) is 0 Å². The van der Waals surface area contributed by atoms with Crippen molar-refractivity contribution in [3.63, 3.8) is 0 Å². The van der Waals surface area contributed by atoms with Gasteiger partial charge in [-0.1, -0.05) is 0 Å². The smallest absolute Gasteiger partial charge is 0.317 e. The second kappa shape index (κ2) is 6.14. The first kappa shape index (κ1) is 14.0. The van der Waals surface area contributed by atoms with Gasteiger partial charge in [0.05, 0.1) is 6.54 Å². The highest BCUT2D eigenvalue weighted by Gasteiger charge is 2.16. The van der Waals surface area contributed by atoms with Crippen LogP contribution in [0.1, 0.15) is 16.8 Å². The Morgan fingerprint density at radius 2 is 2.11 bits per heavy atom. The molecule has 1 aromatic rings. The minimum absolute atomic E-state index is 0.0836. The van der Waals surface area contributed by atoms with Crippen LogP contribution in [0.15, 0.2) is 10.9 Å². The van der Waals surface area contributed by atoms with Gasteiger partial charge in [0.1, 0.15) is 0 Å². The first-order valence-electron chi connectivity index (χ1n) is 6.38. The number of hydrogen-bond donors (Lipinski definition) is 2. The monoisotopic (exact) mass is 281 g/mol. The average Bonchev–Trinajstić information content (AvgIpc) is 2.38. The summed E-state index contributed by atoms with van der Waals surface area (Å²) in [5, 5.41) is 2.83. The maximum absolute atomic E-state index is 12.0. The summed E-state index contributed by atoms with van der Waals surface area (Å²) in [5.74, 6) is 1.97. The highest BCUT2D eigenvalue weighted by molar-refractivity contribution is 7.99. The second-order valence-electron chi connectivity index (χ2n) is 4.70. The lowest BCUT2D eigenvalue weighted by molar-refractivity contribution is 0.202. The third kappa shape index (κ3) is 3.53. The normalized spacial score (nSPS) is 15.4. The summed E-state index contributed by atoms with van der Waals surface area (Å²) < 4.78 is 0. The van der Waals surface area contributed by atoms with E-state index in [4.69, 9.17) is 0 Å². The van der Waals surface area contributed by atoms with Gasteiger partial charge in [0, 0.05) is 35.9 Å². The number of hydrogen-bond acceptors (Lipinski definition) is 3. The Bertz CT molecular complexity index is 521. The Balaban J connectivity index is 1.99. The number of aromatic amines is 1. The van der Waals surface area contributed by atoms with Crippen LogP contribution in [0.5, 0.6) is 0 Å². The molecule has 104 valence electrons. The van der Waals surface area contributed by atoms with Gasteiger partial charge in [-0.2, -0.15) is 11.8 Å². The van der Waals surface area contributed by atoms with E-state index < -0.39 is 0 Å². The Labute approximate surface area is 116 Å². The van der Waals surface area contributed by atoms with E-state index in [0.717, 1.165) is 35.9 Å². The van der Waals surface area contributed by atoms with Gasteiger partial charge < -0.3 is 15.2 Å². The molecular weight excluding hydrogens is 262 g/mol. The van der Waals surface area contributed by atoms with Crippen LogP contribution in [-0.4, -0.2) is 40.5 Å². The van der Waals surface area contributed by atoms with Crippen LogP contribution in [0.2, 0.25) is 0 Å². The van der Waals surface area contributed by atoms with Crippen molar-refractivity contribution in [2.24, 2.45) is 0 Å². The van der Waals surface area contributed by atoms with Crippen molar-refractivity contribution in [2.45, 2.75) is 20.4 Å². The fourth-order valence-electron chi connectivity index (χ4n) is 2.14. The molecule has 2 amide bonds. The van der Waals surface area contributed by atoms with Gasteiger partial charge in [-0.25, -0.2) is 4.79 Å². The van der Waals surface area contributed by atoms with Crippen LogP contribution >= 0.6 is 11.8 Å². The molecule has 1 aliphatic heterocycles. The number of urea groups is 1. The minimum atomic E-state index is -0.119. The molecule has 2 rings (SSSR count). The van der Waals surface area contributed by atoms with E-state index in [1.54, 1.807) is 4.90 Å². The molecule has 0 aliphatic carbocycles. The summed E-state index contributed by atoms with van der Waals surface area (Å²) in [5.41, 5.74) is 2.26. The van der Waals surface area contributed by atoms with Crippen molar-refractivity contribution in [2.75, 3.05) is 24.6 Å². The first-order valence-corrected chi connectivity index (χ1v) is 7.53. The third-order valence-electron chi connectivity index (χ3n) is 3.21. The number of rotatable bonds is 2. The fraction of sp³-hybridized carbons (Fsp3) is 0.538. The Hall–Kier alpha value is -1.43. The van der Waals surface area contributed by atoms with Gasteiger partial charge in [-0.3, -0.25) is 4.79 Å². The number of amides is 2. The molecule has 1 aliphatic rings. The molecule has 19 heavy (non-hydrogen) atoms. The minimum Gasteiger partial charge on any atom is -0.334 e. The second-order valence-corrected chi connectivity index (χ2v) is 5.93. The molecule has 0 aromatic carbocycles. The van der Waals surface area contributed by atoms with Crippen molar-refractivity contribution >= 4 is 17.8 Å². The lowest BCUT2D eigenvalue weighted by Crippen LogP contribution is -2.44. The molecule has 0 unspecified atom stereocenters. The quantitative estimate of drug-likeness (QED) is 0.857. The van der Waals surface area contributed by atoms with Gasteiger partial charge in [-0.15, -0.1) is 0 Å². The number of nitrogens with one attached hydrogen (secondary N) is 2. The zero-order valence-corrected chi connectivity index (χ0v) is 12.1. The van der Waals surface area contributed by atoms with E-state index in [0.29, 0.717) is 5.56 Å². The highest BCUT2D eigenvalue weighted by atomic mass is 32.2. The molecule has 1 fully saturated rings. The standard InChI is InChI=1S/C13H19N3O2S/c1-9-7-10(2)15-12(17)11(9)8-14-13(18)16-3-5-19-6-4-16/h7H,3-6,8H2,1-2H3,(H,14,18)(H,15,17). The molecule has 1 aromatic heterocycles. The molecule has 0 spiro atoms. The van der Waals surface area contributed by atoms with Gasteiger partial charge in [0.15, 0.2) is 0 Å². The summed E-state index contributed by atoms with van der Waals surface area (Å²) in [7, 11) is 0. The van der Waals surface area contributed by atoms with Crippen LogP contribution in [0.3, 0.4) is 0 Å². The maximum Gasteiger partial charge on any atom is 0.317 e. The summed E-state index contributed by atoms with van der Waals surface area (Å²) in [6.07, 6.45) is 0. The molecule has 5 nitrogen and oxygen atoms in total. The van der Waals surface area contributed by atoms with Crippen molar-refractivity contribution in [1.82, 2.24) is 15.2 Å². The van der Waals surface area contributed by atoms with E-state index in [1.165, 1.54) is 0 Å². The van der Waals surface area contributed by atoms with Gasteiger partial charge >= 0.3 is 6.03 Å². The van der Waals surface area contributed by atoms with Crippen LogP contribution in [-0.2, 0) is 6.54 Å². The maximum atomic E-state index is 12.0. The first-order chi connectivity index (χ1) is 9.08. The molecule has 0 radical (unpaired) electrons. The zero-order chi connectivity index (χ0) is 13.8. The van der Waals surface area contributed by atoms with Gasteiger partial charge in [-0.05, 0) is 25.5 Å². The number of carbonyl (C=O) groups is 1. The van der Waals surface area contributed by atoms with E-state index in [9.17, 15) is 9.59 Å². The Kier molecular flexibility index (Phi) is 4.52. The highest BCUT2D eigenvalue weighted by Crippen LogP contribution is 2.09. The number of aromatic nitrogens is 1. The average molecular weight is 281 g/mol. The summed E-state index contributed by atoms with van der Waals surface area (Å²) in [6.45, 7) is 5.58. The summed E-state index contributed by atoms with van der Waals surface area (Å²) in [6, 6.07) is 1.83. The lowest BCUT2D eigenvalue weighted by atomic mass is 10.1. The summed E-state index contributed by atoms with van der Waals surface area (Å²) in [4.78, 5) is 28.3. The molecule has 1 saturated heterocycles. The molecule has 2 N–H and O–H groups in total.